The van der Waals surface area contributed by atoms with E-state index in [0.29, 0.717) is 6.04 Å². The molecule has 0 heterocycles. The zero-order valence-electron chi connectivity index (χ0n) is 11.5. The van der Waals surface area contributed by atoms with Crippen LogP contribution < -0.4 is 5.73 Å². The van der Waals surface area contributed by atoms with Crippen molar-refractivity contribution in [3.05, 3.63) is 0 Å². The zero-order valence-corrected chi connectivity index (χ0v) is 11.5. The Hall–Kier alpha value is -0.0400. The Morgan fingerprint density at radius 3 is 2.19 bits per heavy atom. The van der Waals surface area contributed by atoms with Crippen LogP contribution in [0, 0.1) is 17.8 Å². The molecule has 0 aliphatic heterocycles. The minimum absolute atomic E-state index is 0.477. The highest BCUT2D eigenvalue weighted by Gasteiger charge is 2.24. The minimum atomic E-state index is 0.477. The molecule has 1 fully saturated rings. The maximum absolute atomic E-state index is 6.32. The van der Waals surface area contributed by atoms with Crippen molar-refractivity contribution in [3.63, 3.8) is 0 Å². The fraction of sp³-hybridized carbons (Fsp3) is 1.00. The Kier molecular flexibility index (Phi) is 6.41. The zero-order chi connectivity index (χ0) is 12.0. The maximum atomic E-state index is 6.32. The number of hydrogen-bond acceptors (Lipinski definition) is 1. The van der Waals surface area contributed by atoms with Crippen LogP contribution in [0.5, 0.6) is 0 Å². The second kappa shape index (κ2) is 7.32. The van der Waals surface area contributed by atoms with Gasteiger partial charge in [0, 0.05) is 6.04 Å². The van der Waals surface area contributed by atoms with Crippen LogP contribution in [0.15, 0.2) is 0 Å². The van der Waals surface area contributed by atoms with Crippen molar-refractivity contribution in [1.29, 1.82) is 0 Å². The summed E-state index contributed by atoms with van der Waals surface area (Å²) < 4.78 is 0. The first kappa shape index (κ1) is 14.0. The van der Waals surface area contributed by atoms with E-state index in [1.807, 2.05) is 0 Å². The molecule has 1 saturated carbocycles. The van der Waals surface area contributed by atoms with Gasteiger partial charge in [-0.2, -0.15) is 0 Å². The Balaban J connectivity index is 2.19. The van der Waals surface area contributed by atoms with Gasteiger partial charge >= 0.3 is 0 Å². The summed E-state index contributed by atoms with van der Waals surface area (Å²) in [4.78, 5) is 0. The average molecular weight is 225 g/mol. The predicted octanol–water partition coefficient (Wildman–Crippen LogP) is 4.36. The molecule has 0 spiro atoms. The van der Waals surface area contributed by atoms with E-state index >= 15 is 0 Å². The minimum Gasteiger partial charge on any atom is -0.327 e. The lowest BCUT2D eigenvalue weighted by Gasteiger charge is -2.32. The van der Waals surface area contributed by atoms with Crippen LogP contribution in [0.1, 0.15) is 72.1 Å². The Morgan fingerprint density at radius 2 is 1.69 bits per heavy atom. The maximum Gasteiger partial charge on any atom is 0.00672 e. The molecular formula is C15H31N. The highest BCUT2D eigenvalue weighted by atomic mass is 14.6. The molecule has 1 unspecified atom stereocenters. The molecule has 1 nitrogen and oxygen atoms in total. The van der Waals surface area contributed by atoms with E-state index in [4.69, 9.17) is 5.73 Å². The van der Waals surface area contributed by atoms with Crippen molar-refractivity contribution >= 4 is 0 Å². The number of nitrogens with two attached hydrogens (primary N) is 1. The van der Waals surface area contributed by atoms with Crippen molar-refractivity contribution in [3.8, 4) is 0 Å². The van der Waals surface area contributed by atoms with E-state index in [1.54, 1.807) is 0 Å². The topological polar surface area (TPSA) is 26.0 Å². The van der Waals surface area contributed by atoms with Crippen LogP contribution in [0.3, 0.4) is 0 Å². The number of rotatable bonds is 6. The summed E-state index contributed by atoms with van der Waals surface area (Å²) in [7, 11) is 0. The third kappa shape index (κ3) is 4.86. The summed E-state index contributed by atoms with van der Waals surface area (Å²) in [5.74, 6) is 2.65. The summed E-state index contributed by atoms with van der Waals surface area (Å²) in [5.41, 5.74) is 6.32. The van der Waals surface area contributed by atoms with Gasteiger partial charge in [0.15, 0.2) is 0 Å². The lowest BCUT2D eigenvalue weighted by Crippen LogP contribution is -2.33. The van der Waals surface area contributed by atoms with E-state index in [2.05, 4.69) is 20.8 Å². The van der Waals surface area contributed by atoms with Crippen molar-refractivity contribution in [2.45, 2.75) is 78.2 Å². The standard InChI is InChI=1S/C15H31N/c1-4-5-13-7-9-14(10-8-13)15(16)11-6-12(2)3/h12-15H,4-11,16H2,1-3H3. The first-order chi connectivity index (χ1) is 7.63. The quantitative estimate of drug-likeness (QED) is 0.714. The van der Waals surface area contributed by atoms with Gasteiger partial charge in [0.1, 0.15) is 0 Å². The van der Waals surface area contributed by atoms with Crippen LogP contribution in [-0.4, -0.2) is 6.04 Å². The molecule has 16 heavy (non-hydrogen) atoms. The second-order valence-corrected chi connectivity index (χ2v) is 6.20. The molecule has 0 amide bonds. The van der Waals surface area contributed by atoms with Gasteiger partial charge in [0.25, 0.3) is 0 Å². The molecule has 1 aliphatic carbocycles. The molecule has 0 saturated heterocycles. The largest absolute Gasteiger partial charge is 0.327 e. The Morgan fingerprint density at radius 1 is 1.06 bits per heavy atom. The molecular weight excluding hydrogens is 194 g/mol. The second-order valence-electron chi connectivity index (χ2n) is 6.20. The van der Waals surface area contributed by atoms with Crippen LogP contribution in [0.4, 0.5) is 0 Å². The SMILES string of the molecule is CCCC1CCC(C(N)CCC(C)C)CC1. The van der Waals surface area contributed by atoms with Gasteiger partial charge in [-0.1, -0.05) is 46.5 Å². The average Bonchev–Trinajstić information content (AvgIpc) is 2.27. The Bertz CT molecular complexity index is 168. The molecule has 1 heteroatoms. The van der Waals surface area contributed by atoms with Gasteiger partial charge in [-0.25, -0.2) is 0 Å². The summed E-state index contributed by atoms with van der Waals surface area (Å²) >= 11 is 0. The van der Waals surface area contributed by atoms with Crippen LogP contribution >= 0.6 is 0 Å². The summed E-state index contributed by atoms with van der Waals surface area (Å²) in [6.07, 6.45) is 11.0. The van der Waals surface area contributed by atoms with Crippen molar-refractivity contribution in [2.75, 3.05) is 0 Å². The fourth-order valence-corrected chi connectivity index (χ4v) is 3.07. The summed E-state index contributed by atoms with van der Waals surface area (Å²) in [5, 5.41) is 0. The molecule has 0 aromatic rings. The highest BCUT2D eigenvalue weighted by molar-refractivity contribution is 4.80. The van der Waals surface area contributed by atoms with Gasteiger partial charge < -0.3 is 5.73 Å². The molecule has 1 aliphatic rings. The van der Waals surface area contributed by atoms with E-state index in [1.165, 1.54) is 51.4 Å². The van der Waals surface area contributed by atoms with E-state index in [9.17, 15) is 0 Å². The van der Waals surface area contributed by atoms with E-state index < -0.39 is 0 Å². The monoisotopic (exact) mass is 225 g/mol. The van der Waals surface area contributed by atoms with Crippen LogP contribution in [0.25, 0.3) is 0 Å². The van der Waals surface area contributed by atoms with Crippen molar-refractivity contribution < 1.29 is 0 Å². The molecule has 0 bridgehead atoms. The van der Waals surface area contributed by atoms with Crippen LogP contribution in [0.2, 0.25) is 0 Å². The summed E-state index contributed by atoms with van der Waals surface area (Å²) in [6.45, 7) is 6.90. The van der Waals surface area contributed by atoms with Gasteiger partial charge in [-0.05, 0) is 43.4 Å². The van der Waals surface area contributed by atoms with E-state index in [0.717, 1.165) is 17.8 Å². The first-order valence-corrected chi connectivity index (χ1v) is 7.39. The normalized spacial score (nSPS) is 28.3. The third-order valence-corrected chi connectivity index (χ3v) is 4.27. The van der Waals surface area contributed by atoms with E-state index in [-0.39, 0.29) is 0 Å². The van der Waals surface area contributed by atoms with Gasteiger partial charge in [-0.15, -0.1) is 0 Å². The molecule has 0 aromatic heterocycles. The lowest BCUT2D eigenvalue weighted by atomic mass is 9.76. The smallest absolute Gasteiger partial charge is 0.00672 e. The first-order valence-electron chi connectivity index (χ1n) is 7.39. The number of hydrogen-bond donors (Lipinski definition) is 1. The van der Waals surface area contributed by atoms with Crippen molar-refractivity contribution in [2.24, 2.45) is 23.5 Å². The Labute approximate surface area is 102 Å². The third-order valence-electron chi connectivity index (χ3n) is 4.27. The highest BCUT2D eigenvalue weighted by Crippen LogP contribution is 2.33. The van der Waals surface area contributed by atoms with Crippen LogP contribution in [-0.2, 0) is 0 Å². The lowest BCUT2D eigenvalue weighted by molar-refractivity contribution is 0.224. The van der Waals surface area contributed by atoms with Crippen molar-refractivity contribution in [1.82, 2.24) is 0 Å². The molecule has 1 atom stereocenters. The molecule has 1 rings (SSSR count). The predicted molar refractivity (Wildman–Crippen MR) is 72.4 cm³/mol. The fourth-order valence-electron chi connectivity index (χ4n) is 3.07. The van der Waals surface area contributed by atoms with Gasteiger partial charge in [0.2, 0.25) is 0 Å². The summed E-state index contributed by atoms with van der Waals surface area (Å²) in [6, 6.07) is 0.477. The molecule has 2 N–H and O–H groups in total. The molecule has 0 radical (unpaired) electrons. The molecule has 96 valence electrons. The van der Waals surface area contributed by atoms with Gasteiger partial charge in [0.05, 0.1) is 0 Å². The molecule has 0 aromatic carbocycles. The van der Waals surface area contributed by atoms with Gasteiger partial charge in [-0.3, -0.25) is 0 Å².